The van der Waals surface area contributed by atoms with E-state index in [2.05, 4.69) is 13.8 Å². The fourth-order valence-electron chi connectivity index (χ4n) is 2.36. The molecule has 0 bridgehead atoms. The molecule has 0 aromatic heterocycles. The summed E-state index contributed by atoms with van der Waals surface area (Å²) in [5.74, 6) is 0.821. The van der Waals surface area contributed by atoms with Crippen LogP contribution < -0.4 is 5.73 Å². The maximum atomic E-state index is 11.3. The van der Waals surface area contributed by atoms with Crippen LogP contribution in [-0.2, 0) is 0 Å². The maximum absolute atomic E-state index is 11.3. The van der Waals surface area contributed by atoms with Gasteiger partial charge in [0, 0.05) is 12.6 Å². The van der Waals surface area contributed by atoms with Crippen LogP contribution in [0.5, 0.6) is 0 Å². The van der Waals surface area contributed by atoms with Crippen molar-refractivity contribution in [3.8, 4) is 0 Å². The summed E-state index contributed by atoms with van der Waals surface area (Å²) in [5.41, 5.74) is 5.43. The third-order valence-corrected chi connectivity index (χ3v) is 3.46. The summed E-state index contributed by atoms with van der Waals surface area (Å²) in [6.45, 7) is 5.27. The van der Waals surface area contributed by atoms with Crippen molar-refractivity contribution in [1.29, 1.82) is 0 Å². The third-order valence-electron chi connectivity index (χ3n) is 3.46. The molecule has 1 fully saturated rings. The van der Waals surface area contributed by atoms with E-state index in [0.29, 0.717) is 6.04 Å². The van der Waals surface area contributed by atoms with Gasteiger partial charge in [-0.25, -0.2) is 4.79 Å². The lowest BCUT2D eigenvalue weighted by atomic mass is 9.86. The first-order valence-corrected chi connectivity index (χ1v) is 6.21. The quantitative estimate of drug-likeness (QED) is 0.765. The minimum Gasteiger partial charge on any atom is -0.351 e. The number of amides is 2. The van der Waals surface area contributed by atoms with Crippen LogP contribution in [0.3, 0.4) is 0 Å². The maximum Gasteiger partial charge on any atom is 0.315 e. The Morgan fingerprint density at radius 3 is 2.40 bits per heavy atom. The SMILES string of the molecule is CCCCN(C(N)=O)[C@H]1CC[C@H](C)CC1. The molecular weight excluding hydrogens is 188 g/mol. The number of nitrogens with two attached hydrogens (primary N) is 1. The van der Waals surface area contributed by atoms with Gasteiger partial charge in [0.15, 0.2) is 0 Å². The zero-order valence-electron chi connectivity index (χ0n) is 10.0. The molecule has 1 saturated carbocycles. The number of carbonyl (C=O) groups excluding carboxylic acids is 1. The average molecular weight is 212 g/mol. The van der Waals surface area contributed by atoms with Gasteiger partial charge in [0.05, 0.1) is 0 Å². The highest BCUT2D eigenvalue weighted by Gasteiger charge is 2.25. The molecule has 1 rings (SSSR count). The first-order chi connectivity index (χ1) is 7.15. The fraction of sp³-hybridized carbons (Fsp3) is 0.917. The van der Waals surface area contributed by atoms with Crippen LogP contribution in [0.25, 0.3) is 0 Å². The number of carbonyl (C=O) groups is 1. The molecule has 88 valence electrons. The van der Waals surface area contributed by atoms with E-state index < -0.39 is 0 Å². The molecule has 0 heterocycles. The minimum atomic E-state index is -0.233. The van der Waals surface area contributed by atoms with Crippen molar-refractivity contribution < 1.29 is 4.79 Å². The summed E-state index contributed by atoms with van der Waals surface area (Å²) < 4.78 is 0. The number of primary amides is 1. The predicted octanol–water partition coefficient (Wildman–Crippen LogP) is 2.75. The summed E-state index contributed by atoms with van der Waals surface area (Å²) in [6, 6.07) is 0.174. The lowest BCUT2D eigenvalue weighted by molar-refractivity contribution is 0.151. The van der Waals surface area contributed by atoms with Gasteiger partial charge in [-0.05, 0) is 38.0 Å². The Kier molecular flexibility index (Phi) is 4.92. The Bertz CT molecular complexity index is 198. The zero-order chi connectivity index (χ0) is 11.3. The summed E-state index contributed by atoms with van der Waals surface area (Å²) >= 11 is 0. The van der Waals surface area contributed by atoms with Crippen molar-refractivity contribution in [3.05, 3.63) is 0 Å². The van der Waals surface area contributed by atoms with Crippen molar-refractivity contribution in [2.45, 2.75) is 58.4 Å². The van der Waals surface area contributed by atoms with Gasteiger partial charge < -0.3 is 10.6 Å². The van der Waals surface area contributed by atoms with E-state index in [9.17, 15) is 4.79 Å². The Morgan fingerprint density at radius 1 is 1.33 bits per heavy atom. The molecule has 2 amide bonds. The van der Waals surface area contributed by atoms with Gasteiger partial charge in [0.25, 0.3) is 0 Å². The highest BCUT2D eigenvalue weighted by atomic mass is 16.2. The number of hydrogen-bond donors (Lipinski definition) is 1. The van der Waals surface area contributed by atoms with Crippen molar-refractivity contribution >= 4 is 6.03 Å². The second kappa shape index (κ2) is 5.99. The second-order valence-electron chi connectivity index (χ2n) is 4.80. The highest BCUT2D eigenvalue weighted by Crippen LogP contribution is 2.27. The lowest BCUT2D eigenvalue weighted by Crippen LogP contribution is -2.45. The summed E-state index contributed by atoms with van der Waals surface area (Å²) in [7, 11) is 0. The molecule has 2 N–H and O–H groups in total. The molecule has 0 spiro atoms. The monoisotopic (exact) mass is 212 g/mol. The number of nitrogens with zero attached hydrogens (tertiary/aromatic N) is 1. The second-order valence-corrected chi connectivity index (χ2v) is 4.80. The summed E-state index contributed by atoms with van der Waals surface area (Å²) in [5, 5.41) is 0. The van der Waals surface area contributed by atoms with Gasteiger partial charge in [-0.3, -0.25) is 0 Å². The van der Waals surface area contributed by atoms with E-state index in [4.69, 9.17) is 5.73 Å². The van der Waals surface area contributed by atoms with Crippen LogP contribution in [0.2, 0.25) is 0 Å². The van der Waals surface area contributed by atoms with Gasteiger partial charge in [0.2, 0.25) is 0 Å². The van der Waals surface area contributed by atoms with Crippen LogP contribution in [0, 0.1) is 5.92 Å². The Labute approximate surface area is 93.0 Å². The number of hydrogen-bond acceptors (Lipinski definition) is 1. The molecule has 0 aromatic carbocycles. The van der Waals surface area contributed by atoms with Gasteiger partial charge in [-0.1, -0.05) is 20.3 Å². The van der Waals surface area contributed by atoms with Gasteiger partial charge in [-0.15, -0.1) is 0 Å². The fourth-order valence-corrected chi connectivity index (χ4v) is 2.36. The first-order valence-electron chi connectivity index (χ1n) is 6.21. The molecule has 0 aromatic rings. The molecule has 1 aliphatic carbocycles. The van der Waals surface area contributed by atoms with Crippen LogP contribution in [0.15, 0.2) is 0 Å². The number of rotatable bonds is 4. The number of urea groups is 1. The number of unbranched alkanes of at least 4 members (excludes halogenated alkanes) is 1. The largest absolute Gasteiger partial charge is 0.351 e. The highest BCUT2D eigenvalue weighted by molar-refractivity contribution is 5.72. The van der Waals surface area contributed by atoms with Crippen molar-refractivity contribution in [2.75, 3.05) is 6.54 Å². The molecule has 0 radical (unpaired) electrons. The average Bonchev–Trinajstić information content (AvgIpc) is 2.21. The van der Waals surface area contributed by atoms with E-state index >= 15 is 0 Å². The normalized spacial score (nSPS) is 26.3. The van der Waals surface area contributed by atoms with Crippen LogP contribution in [0.1, 0.15) is 52.4 Å². The molecule has 0 unspecified atom stereocenters. The van der Waals surface area contributed by atoms with Gasteiger partial charge in [0.1, 0.15) is 0 Å². The predicted molar refractivity (Wildman–Crippen MR) is 62.6 cm³/mol. The Morgan fingerprint density at radius 2 is 1.93 bits per heavy atom. The molecule has 3 heteroatoms. The van der Waals surface area contributed by atoms with Crippen molar-refractivity contribution in [2.24, 2.45) is 11.7 Å². The molecule has 0 atom stereocenters. The van der Waals surface area contributed by atoms with Gasteiger partial charge in [-0.2, -0.15) is 0 Å². The molecule has 1 aliphatic rings. The van der Waals surface area contributed by atoms with Crippen LogP contribution in [0.4, 0.5) is 4.79 Å². The molecule has 15 heavy (non-hydrogen) atoms. The van der Waals surface area contributed by atoms with Crippen LogP contribution >= 0.6 is 0 Å². The van der Waals surface area contributed by atoms with Crippen LogP contribution in [-0.4, -0.2) is 23.5 Å². The van der Waals surface area contributed by atoms with Crippen molar-refractivity contribution in [3.63, 3.8) is 0 Å². The summed E-state index contributed by atoms with van der Waals surface area (Å²) in [4.78, 5) is 13.2. The van der Waals surface area contributed by atoms with E-state index in [-0.39, 0.29) is 6.03 Å². The Hall–Kier alpha value is -0.730. The smallest absolute Gasteiger partial charge is 0.315 e. The lowest BCUT2D eigenvalue weighted by Gasteiger charge is -2.35. The molecular formula is C12H24N2O. The van der Waals surface area contributed by atoms with Crippen molar-refractivity contribution in [1.82, 2.24) is 4.90 Å². The molecule has 0 saturated heterocycles. The third kappa shape index (κ3) is 3.73. The topological polar surface area (TPSA) is 46.3 Å². The zero-order valence-corrected chi connectivity index (χ0v) is 10.0. The van der Waals surface area contributed by atoms with E-state index in [1.807, 2.05) is 4.90 Å². The van der Waals surface area contributed by atoms with E-state index in [1.54, 1.807) is 0 Å². The first kappa shape index (κ1) is 12.3. The summed E-state index contributed by atoms with van der Waals surface area (Å²) in [6.07, 6.45) is 6.92. The Balaban J connectivity index is 2.44. The van der Waals surface area contributed by atoms with Gasteiger partial charge >= 0.3 is 6.03 Å². The molecule has 0 aliphatic heterocycles. The molecule has 3 nitrogen and oxygen atoms in total. The van der Waals surface area contributed by atoms with E-state index in [0.717, 1.165) is 38.1 Å². The van der Waals surface area contributed by atoms with E-state index in [1.165, 1.54) is 12.8 Å². The standard InChI is InChI=1S/C12H24N2O/c1-3-4-9-14(12(13)15)11-7-5-10(2)6-8-11/h10-11H,3-9H2,1-2H3,(H2,13,15)/t10-,11-. The minimum absolute atomic E-state index is 0.233.